The molecule has 0 saturated heterocycles. The van der Waals surface area contributed by atoms with Gasteiger partial charge >= 0.3 is 5.97 Å². The molecule has 2 heterocycles. The van der Waals surface area contributed by atoms with Crippen molar-refractivity contribution in [3.8, 4) is 5.75 Å². The Bertz CT molecular complexity index is 1560. The number of esters is 1. The Morgan fingerprint density at radius 3 is 2.64 bits per heavy atom. The first kappa shape index (κ1) is 31.0. The Hall–Kier alpha value is -3.92. The molecule has 42 heavy (non-hydrogen) atoms. The quantitative estimate of drug-likeness (QED) is 0.148. The number of hydrogen-bond donors (Lipinski definition) is 1. The second kappa shape index (κ2) is 14.3. The molecule has 0 bridgehead atoms. The first-order chi connectivity index (χ1) is 20.2. The van der Waals surface area contributed by atoms with E-state index in [1.807, 2.05) is 24.3 Å². The second-order valence-corrected chi connectivity index (χ2v) is 10.6. The van der Waals surface area contributed by atoms with Gasteiger partial charge in [0.15, 0.2) is 24.0 Å². The number of carbonyl (C=O) groups excluding carboxylic acids is 2. The van der Waals surface area contributed by atoms with E-state index in [9.17, 15) is 9.59 Å². The summed E-state index contributed by atoms with van der Waals surface area (Å²) in [4.78, 5) is 35.6. The average Bonchev–Trinajstić information content (AvgIpc) is 3.34. The molecule has 0 aliphatic rings. The number of alkyl halides is 1. The fourth-order valence-electron chi connectivity index (χ4n) is 4.90. The SMILES string of the molecule is CCCCc1nc2c(N)nc3ccccc3c2n1CCCN(Cc1cccc(OCC(=O)OC(C)C)c1F)C(=O)CCl. The van der Waals surface area contributed by atoms with Gasteiger partial charge in [0.1, 0.15) is 17.2 Å². The Balaban J connectivity index is 1.54. The maximum Gasteiger partial charge on any atom is 0.344 e. The van der Waals surface area contributed by atoms with Crippen LogP contribution in [-0.2, 0) is 33.8 Å². The van der Waals surface area contributed by atoms with Crippen molar-refractivity contribution in [1.82, 2.24) is 19.4 Å². The third kappa shape index (κ3) is 7.28. The van der Waals surface area contributed by atoms with E-state index in [4.69, 9.17) is 31.8 Å². The summed E-state index contributed by atoms with van der Waals surface area (Å²) in [6, 6.07) is 12.4. The number of imidazole rings is 1. The molecular weight excluding hydrogens is 561 g/mol. The summed E-state index contributed by atoms with van der Waals surface area (Å²) >= 11 is 5.93. The Kier molecular flexibility index (Phi) is 10.6. The van der Waals surface area contributed by atoms with Crippen LogP contribution in [0.4, 0.5) is 10.2 Å². The van der Waals surface area contributed by atoms with E-state index in [-0.39, 0.29) is 35.7 Å². The smallest absolute Gasteiger partial charge is 0.344 e. The summed E-state index contributed by atoms with van der Waals surface area (Å²) in [5.41, 5.74) is 8.95. The van der Waals surface area contributed by atoms with Crippen molar-refractivity contribution in [2.45, 2.75) is 65.6 Å². The van der Waals surface area contributed by atoms with Crippen LogP contribution < -0.4 is 10.5 Å². The van der Waals surface area contributed by atoms with Crippen LogP contribution in [0.5, 0.6) is 5.75 Å². The van der Waals surface area contributed by atoms with Gasteiger partial charge in [-0.2, -0.15) is 0 Å². The van der Waals surface area contributed by atoms with Gasteiger partial charge in [0.2, 0.25) is 5.91 Å². The fraction of sp³-hybridized carbons (Fsp3) is 0.419. The number of fused-ring (bicyclic) bond motifs is 3. The lowest BCUT2D eigenvalue weighted by Crippen LogP contribution is -2.33. The Labute approximate surface area is 249 Å². The van der Waals surface area contributed by atoms with Gasteiger partial charge in [0, 0.05) is 37.0 Å². The molecule has 4 rings (SSSR count). The molecule has 0 fully saturated rings. The number of hydrogen-bond acceptors (Lipinski definition) is 7. The lowest BCUT2D eigenvalue weighted by atomic mass is 10.1. The number of carbonyl (C=O) groups is 2. The number of nitrogens with zero attached hydrogens (tertiary/aromatic N) is 4. The number of amides is 1. The van der Waals surface area contributed by atoms with E-state index in [2.05, 4.69) is 16.5 Å². The summed E-state index contributed by atoms with van der Waals surface area (Å²) < 4.78 is 27.9. The van der Waals surface area contributed by atoms with Gasteiger partial charge in [-0.25, -0.2) is 19.2 Å². The largest absolute Gasteiger partial charge is 0.479 e. The maximum atomic E-state index is 15.3. The van der Waals surface area contributed by atoms with E-state index in [0.29, 0.717) is 30.8 Å². The van der Waals surface area contributed by atoms with Gasteiger partial charge in [0.05, 0.1) is 17.1 Å². The van der Waals surface area contributed by atoms with Crippen molar-refractivity contribution in [1.29, 1.82) is 0 Å². The zero-order valence-electron chi connectivity index (χ0n) is 24.2. The third-order valence-electron chi connectivity index (χ3n) is 6.84. The molecule has 0 aliphatic heterocycles. The van der Waals surface area contributed by atoms with Crippen LogP contribution in [-0.4, -0.2) is 56.4 Å². The molecule has 2 aromatic carbocycles. The van der Waals surface area contributed by atoms with Crippen LogP contribution in [0, 0.1) is 5.82 Å². The number of aromatic nitrogens is 3. The van der Waals surface area contributed by atoms with Crippen molar-refractivity contribution in [2.24, 2.45) is 0 Å². The van der Waals surface area contributed by atoms with Crippen LogP contribution in [0.15, 0.2) is 42.5 Å². The van der Waals surface area contributed by atoms with Crippen molar-refractivity contribution in [3.05, 3.63) is 59.7 Å². The summed E-state index contributed by atoms with van der Waals surface area (Å²) in [5.74, 6) is -0.573. The number of anilines is 1. The number of nitrogens with two attached hydrogens (primary N) is 1. The number of ether oxygens (including phenoxy) is 2. The van der Waals surface area contributed by atoms with E-state index < -0.39 is 18.4 Å². The molecule has 11 heteroatoms. The van der Waals surface area contributed by atoms with Crippen LogP contribution in [0.1, 0.15) is 51.4 Å². The number of nitrogen functional groups attached to an aromatic ring is 1. The van der Waals surface area contributed by atoms with Crippen LogP contribution >= 0.6 is 11.6 Å². The lowest BCUT2D eigenvalue weighted by Gasteiger charge is -2.23. The third-order valence-corrected chi connectivity index (χ3v) is 7.07. The molecule has 0 unspecified atom stereocenters. The number of pyridine rings is 1. The van der Waals surface area contributed by atoms with Gasteiger partial charge in [-0.1, -0.05) is 43.7 Å². The van der Waals surface area contributed by atoms with Gasteiger partial charge < -0.3 is 24.7 Å². The molecule has 4 aromatic rings. The number of halogens is 2. The lowest BCUT2D eigenvalue weighted by molar-refractivity contribution is -0.149. The summed E-state index contributed by atoms with van der Waals surface area (Å²) in [6.07, 6.45) is 3.04. The zero-order valence-corrected chi connectivity index (χ0v) is 25.0. The molecule has 0 spiro atoms. The van der Waals surface area contributed by atoms with Crippen molar-refractivity contribution < 1.29 is 23.5 Å². The molecule has 0 aliphatic carbocycles. The molecule has 0 radical (unpaired) electrons. The normalized spacial score (nSPS) is 11.4. The highest BCUT2D eigenvalue weighted by atomic mass is 35.5. The maximum absolute atomic E-state index is 15.3. The number of unbranched alkanes of at least 4 members (excludes halogenated alkanes) is 1. The van der Waals surface area contributed by atoms with E-state index in [0.717, 1.165) is 41.5 Å². The second-order valence-electron chi connectivity index (χ2n) is 10.4. The molecule has 2 aromatic heterocycles. The number of rotatable bonds is 14. The van der Waals surface area contributed by atoms with Gasteiger partial charge in [-0.15, -0.1) is 11.6 Å². The molecule has 9 nitrogen and oxygen atoms in total. The molecular formula is C31H37ClFN5O4. The molecule has 2 N–H and O–H groups in total. The number of para-hydroxylation sites is 1. The van der Waals surface area contributed by atoms with Crippen LogP contribution in [0.25, 0.3) is 21.9 Å². The Morgan fingerprint density at radius 1 is 1.12 bits per heavy atom. The molecule has 0 saturated carbocycles. The number of benzene rings is 2. The summed E-state index contributed by atoms with van der Waals surface area (Å²) in [6.45, 7) is 6.05. The Morgan fingerprint density at radius 2 is 1.90 bits per heavy atom. The standard InChI is InChI=1S/C31H37ClFN5O4/c1-4-5-14-25-36-29-30(22-11-6-7-12-23(22)35-31(29)34)38(25)16-9-15-37(26(39)17-32)18-21-10-8-13-24(28(21)33)41-19-27(40)42-20(2)3/h6-8,10-13,20H,4-5,9,14-19H2,1-3H3,(H2,34,35). The van der Waals surface area contributed by atoms with Crippen molar-refractivity contribution >= 4 is 51.2 Å². The minimum Gasteiger partial charge on any atom is -0.479 e. The van der Waals surface area contributed by atoms with Gasteiger partial charge in [0.25, 0.3) is 0 Å². The van der Waals surface area contributed by atoms with E-state index in [1.54, 1.807) is 26.0 Å². The van der Waals surface area contributed by atoms with Crippen molar-refractivity contribution in [2.75, 3.05) is 24.8 Å². The fourth-order valence-corrected chi connectivity index (χ4v) is 5.07. The molecule has 224 valence electrons. The van der Waals surface area contributed by atoms with Crippen LogP contribution in [0.3, 0.4) is 0 Å². The minimum atomic E-state index is -0.640. The first-order valence-corrected chi connectivity index (χ1v) is 14.7. The minimum absolute atomic E-state index is 0.00179. The average molecular weight is 598 g/mol. The summed E-state index contributed by atoms with van der Waals surface area (Å²) in [5, 5.41) is 0.960. The van der Waals surface area contributed by atoms with Crippen molar-refractivity contribution in [3.63, 3.8) is 0 Å². The highest BCUT2D eigenvalue weighted by Crippen LogP contribution is 2.30. The highest BCUT2D eigenvalue weighted by Gasteiger charge is 2.20. The predicted octanol–water partition coefficient (Wildman–Crippen LogP) is 5.64. The molecule has 1 amide bonds. The van der Waals surface area contributed by atoms with Crippen LogP contribution in [0.2, 0.25) is 0 Å². The topological polar surface area (TPSA) is 113 Å². The highest BCUT2D eigenvalue weighted by molar-refractivity contribution is 6.27. The first-order valence-electron chi connectivity index (χ1n) is 14.2. The predicted molar refractivity (Wildman–Crippen MR) is 162 cm³/mol. The van der Waals surface area contributed by atoms with E-state index >= 15 is 4.39 Å². The van der Waals surface area contributed by atoms with Gasteiger partial charge in [-0.05, 0) is 38.8 Å². The van der Waals surface area contributed by atoms with E-state index in [1.165, 1.54) is 11.0 Å². The van der Waals surface area contributed by atoms with Gasteiger partial charge in [-0.3, -0.25) is 4.79 Å². The summed E-state index contributed by atoms with van der Waals surface area (Å²) in [7, 11) is 0. The molecule has 0 atom stereocenters. The zero-order chi connectivity index (χ0) is 30.2. The number of aryl methyl sites for hydroxylation is 2. The monoisotopic (exact) mass is 597 g/mol.